The van der Waals surface area contributed by atoms with Crippen molar-refractivity contribution in [3.8, 4) is 0 Å². The van der Waals surface area contributed by atoms with E-state index in [1.54, 1.807) is 24.5 Å². The first-order chi connectivity index (χ1) is 12.6. The van der Waals surface area contributed by atoms with E-state index < -0.39 is 0 Å². The standard InChI is InChI=1S/C20H27N5O/c1-4-22-20(25-14-17-8-7-15(2)12-16(17)3)24-11-10-23-19(26)18-6-5-9-21-13-18/h5-9,12-13H,4,10-11,14H2,1-3H3,(H,23,26)(H2,22,24,25). The Balaban J connectivity index is 1.82. The van der Waals surface area contributed by atoms with Crippen molar-refractivity contribution in [1.82, 2.24) is 20.9 Å². The quantitative estimate of drug-likeness (QED) is 0.405. The lowest BCUT2D eigenvalue weighted by Gasteiger charge is -2.12. The molecule has 1 heterocycles. The minimum absolute atomic E-state index is 0.128. The van der Waals surface area contributed by atoms with Crippen LogP contribution in [0.1, 0.15) is 34.0 Å². The van der Waals surface area contributed by atoms with Gasteiger partial charge in [0.2, 0.25) is 0 Å². The normalized spacial score (nSPS) is 11.1. The van der Waals surface area contributed by atoms with Gasteiger partial charge in [0.15, 0.2) is 5.96 Å². The van der Waals surface area contributed by atoms with Crippen LogP contribution in [0.5, 0.6) is 0 Å². The highest BCUT2D eigenvalue weighted by Crippen LogP contribution is 2.11. The molecule has 0 aliphatic heterocycles. The van der Waals surface area contributed by atoms with Crippen LogP contribution in [0, 0.1) is 13.8 Å². The molecule has 0 saturated heterocycles. The fraction of sp³-hybridized carbons (Fsp3) is 0.350. The average molecular weight is 353 g/mol. The fourth-order valence-corrected chi connectivity index (χ4v) is 2.49. The summed E-state index contributed by atoms with van der Waals surface area (Å²) in [5, 5.41) is 9.32. The number of hydrogen-bond acceptors (Lipinski definition) is 3. The predicted molar refractivity (Wildman–Crippen MR) is 105 cm³/mol. The van der Waals surface area contributed by atoms with Crippen molar-refractivity contribution in [2.24, 2.45) is 4.99 Å². The third kappa shape index (κ3) is 6.20. The molecule has 0 spiro atoms. The van der Waals surface area contributed by atoms with Crippen molar-refractivity contribution in [2.45, 2.75) is 27.3 Å². The van der Waals surface area contributed by atoms with Gasteiger partial charge in [-0.1, -0.05) is 23.8 Å². The molecular formula is C20H27N5O. The highest BCUT2D eigenvalue weighted by atomic mass is 16.1. The summed E-state index contributed by atoms with van der Waals surface area (Å²) >= 11 is 0. The van der Waals surface area contributed by atoms with Crippen molar-refractivity contribution >= 4 is 11.9 Å². The number of guanidine groups is 1. The summed E-state index contributed by atoms with van der Waals surface area (Å²) in [4.78, 5) is 20.5. The van der Waals surface area contributed by atoms with E-state index in [0.29, 0.717) is 25.2 Å². The SMILES string of the molecule is CCNC(=NCc1ccc(C)cc1C)NCCNC(=O)c1cccnc1. The lowest BCUT2D eigenvalue weighted by atomic mass is 10.1. The minimum atomic E-state index is -0.128. The van der Waals surface area contributed by atoms with Gasteiger partial charge in [-0.25, -0.2) is 4.99 Å². The van der Waals surface area contributed by atoms with Crippen LogP contribution < -0.4 is 16.0 Å². The molecule has 6 nitrogen and oxygen atoms in total. The van der Waals surface area contributed by atoms with E-state index in [1.165, 1.54) is 16.7 Å². The number of pyridine rings is 1. The summed E-state index contributed by atoms with van der Waals surface area (Å²) in [5.74, 6) is 0.611. The Hall–Kier alpha value is -2.89. The largest absolute Gasteiger partial charge is 0.357 e. The second-order valence-corrected chi connectivity index (χ2v) is 6.05. The van der Waals surface area contributed by atoms with E-state index in [9.17, 15) is 4.79 Å². The fourth-order valence-electron chi connectivity index (χ4n) is 2.49. The maximum atomic E-state index is 12.0. The van der Waals surface area contributed by atoms with E-state index in [1.807, 2.05) is 6.92 Å². The molecule has 3 N–H and O–H groups in total. The topological polar surface area (TPSA) is 78.4 Å². The number of aliphatic imine (C=N–C) groups is 1. The Morgan fingerprint density at radius 3 is 2.62 bits per heavy atom. The van der Waals surface area contributed by atoms with Crippen LogP contribution in [0.25, 0.3) is 0 Å². The molecule has 0 saturated carbocycles. The number of carbonyl (C=O) groups excluding carboxylic acids is 1. The lowest BCUT2D eigenvalue weighted by molar-refractivity contribution is 0.0954. The number of nitrogens with zero attached hydrogens (tertiary/aromatic N) is 2. The Morgan fingerprint density at radius 1 is 1.12 bits per heavy atom. The maximum Gasteiger partial charge on any atom is 0.252 e. The number of nitrogens with one attached hydrogen (secondary N) is 3. The summed E-state index contributed by atoms with van der Waals surface area (Å²) in [5.41, 5.74) is 4.26. The summed E-state index contributed by atoms with van der Waals surface area (Å²) in [6.07, 6.45) is 3.20. The molecule has 1 amide bonds. The molecule has 1 aromatic heterocycles. The van der Waals surface area contributed by atoms with Crippen molar-refractivity contribution in [3.63, 3.8) is 0 Å². The zero-order valence-electron chi connectivity index (χ0n) is 15.7. The number of carbonyl (C=O) groups is 1. The number of amides is 1. The van der Waals surface area contributed by atoms with E-state index in [0.717, 1.165) is 12.5 Å². The molecule has 138 valence electrons. The smallest absolute Gasteiger partial charge is 0.252 e. The molecule has 6 heteroatoms. The van der Waals surface area contributed by atoms with Crippen molar-refractivity contribution in [2.75, 3.05) is 19.6 Å². The van der Waals surface area contributed by atoms with Crippen LogP contribution in [-0.2, 0) is 6.54 Å². The molecule has 0 atom stereocenters. The van der Waals surface area contributed by atoms with Crippen molar-refractivity contribution in [1.29, 1.82) is 0 Å². The first-order valence-corrected chi connectivity index (χ1v) is 8.86. The third-order valence-electron chi connectivity index (χ3n) is 3.88. The Labute approximate surface area is 155 Å². The highest BCUT2D eigenvalue weighted by Gasteiger charge is 2.04. The second kappa shape index (κ2) is 10.2. The van der Waals surface area contributed by atoms with Gasteiger partial charge < -0.3 is 16.0 Å². The molecule has 26 heavy (non-hydrogen) atoms. The van der Waals surface area contributed by atoms with Crippen LogP contribution in [0.3, 0.4) is 0 Å². The van der Waals surface area contributed by atoms with E-state index in [4.69, 9.17) is 0 Å². The molecular weight excluding hydrogens is 326 g/mol. The van der Waals surface area contributed by atoms with Crippen LogP contribution in [0.15, 0.2) is 47.7 Å². The molecule has 2 rings (SSSR count). The summed E-state index contributed by atoms with van der Waals surface area (Å²) < 4.78 is 0. The molecule has 1 aromatic carbocycles. The number of rotatable bonds is 7. The first kappa shape index (κ1) is 19.4. The maximum absolute atomic E-state index is 12.0. The van der Waals surface area contributed by atoms with Crippen LogP contribution in [0.2, 0.25) is 0 Å². The average Bonchev–Trinajstić information content (AvgIpc) is 2.64. The van der Waals surface area contributed by atoms with Gasteiger partial charge in [0, 0.05) is 32.0 Å². The molecule has 2 aromatic rings. The van der Waals surface area contributed by atoms with Crippen LogP contribution in [0.4, 0.5) is 0 Å². The van der Waals surface area contributed by atoms with Gasteiger partial charge in [-0.3, -0.25) is 9.78 Å². The van der Waals surface area contributed by atoms with Crippen molar-refractivity contribution in [3.05, 3.63) is 65.0 Å². The third-order valence-corrected chi connectivity index (χ3v) is 3.88. The van der Waals surface area contributed by atoms with Crippen molar-refractivity contribution < 1.29 is 4.79 Å². The second-order valence-electron chi connectivity index (χ2n) is 6.05. The van der Waals surface area contributed by atoms with Crippen LogP contribution in [-0.4, -0.2) is 36.5 Å². The number of hydrogen-bond donors (Lipinski definition) is 3. The number of aryl methyl sites for hydroxylation is 2. The van der Waals surface area contributed by atoms with Crippen LogP contribution >= 0.6 is 0 Å². The van der Waals surface area contributed by atoms with E-state index in [-0.39, 0.29) is 5.91 Å². The molecule has 0 aliphatic rings. The van der Waals surface area contributed by atoms with E-state index >= 15 is 0 Å². The van der Waals surface area contributed by atoms with Gasteiger partial charge >= 0.3 is 0 Å². The Kier molecular flexibility index (Phi) is 7.61. The minimum Gasteiger partial charge on any atom is -0.357 e. The molecule has 0 bridgehead atoms. The number of benzene rings is 1. The lowest BCUT2D eigenvalue weighted by Crippen LogP contribution is -2.41. The monoisotopic (exact) mass is 353 g/mol. The predicted octanol–water partition coefficient (Wildman–Crippen LogP) is 2.18. The summed E-state index contributed by atoms with van der Waals surface area (Å²) in [7, 11) is 0. The number of aromatic nitrogens is 1. The first-order valence-electron chi connectivity index (χ1n) is 8.86. The molecule has 0 radical (unpaired) electrons. The summed E-state index contributed by atoms with van der Waals surface area (Å²) in [6, 6.07) is 9.87. The van der Waals surface area contributed by atoms with Gasteiger partial charge in [0.25, 0.3) is 5.91 Å². The summed E-state index contributed by atoms with van der Waals surface area (Å²) in [6.45, 7) is 8.70. The Morgan fingerprint density at radius 2 is 1.92 bits per heavy atom. The molecule has 0 aliphatic carbocycles. The van der Waals surface area contributed by atoms with E-state index in [2.05, 4.69) is 58.0 Å². The van der Waals surface area contributed by atoms with Gasteiger partial charge in [0.05, 0.1) is 12.1 Å². The van der Waals surface area contributed by atoms with Gasteiger partial charge in [0.1, 0.15) is 0 Å². The highest BCUT2D eigenvalue weighted by molar-refractivity contribution is 5.93. The van der Waals surface area contributed by atoms with Gasteiger partial charge in [-0.05, 0) is 44.0 Å². The van der Waals surface area contributed by atoms with Gasteiger partial charge in [-0.2, -0.15) is 0 Å². The molecule has 0 fully saturated rings. The zero-order valence-corrected chi connectivity index (χ0v) is 15.7. The Bertz CT molecular complexity index is 743. The van der Waals surface area contributed by atoms with Gasteiger partial charge in [-0.15, -0.1) is 0 Å². The zero-order chi connectivity index (χ0) is 18.8. The molecule has 0 unspecified atom stereocenters.